The molecule has 2 heteroatoms. The van der Waals surface area contributed by atoms with Gasteiger partial charge in [0.2, 0.25) is 0 Å². The van der Waals surface area contributed by atoms with E-state index >= 15 is 0 Å². The quantitative estimate of drug-likeness (QED) is 0.556. The third-order valence-electron chi connectivity index (χ3n) is 2.40. The van der Waals surface area contributed by atoms with Crippen LogP contribution in [0.5, 0.6) is 0 Å². The molecule has 1 saturated heterocycles. The summed E-state index contributed by atoms with van der Waals surface area (Å²) in [5, 5.41) is 8.81. The van der Waals surface area contributed by atoms with E-state index in [1.54, 1.807) is 0 Å². The Morgan fingerprint density at radius 1 is 1.56 bits per heavy atom. The summed E-state index contributed by atoms with van der Waals surface area (Å²) < 4.78 is 0. The number of likely N-dealkylation sites (N-methyl/N-ethyl adjacent to an activating group) is 1. The van der Waals surface area contributed by atoms with Crippen molar-refractivity contribution in [1.82, 2.24) is 4.90 Å². The molecule has 1 rings (SSSR count). The van der Waals surface area contributed by atoms with Gasteiger partial charge in [0.1, 0.15) is 0 Å². The monoisotopic (exact) mass is 129 g/mol. The van der Waals surface area contributed by atoms with Crippen molar-refractivity contribution in [2.75, 3.05) is 13.7 Å². The predicted molar refractivity (Wildman–Crippen MR) is 37.3 cm³/mol. The highest BCUT2D eigenvalue weighted by atomic mass is 16.3. The molecule has 2 nitrogen and oxygen atoms in total. The predicted octanol–water partition coefficient (Wildman–Crippen LogP) is 0.461. The minimum Gasteiger partial charge on any atom is -0.395 e. The fourth-order valence-electron chi connectivity index (χ4n) is 1.42. The van der Waals surface area contributed by atoms with E-state index in [9.17, 15) is 0 Å². The Hall–Kier alpha value is -0.0800. The van der Waals surface area contributed by atoms with Gasteiger partial charge in [0.05, 0.1) is 6.61 Å². The number of nitrogens with zero attached hydrogens (tertiary/aromatic N) is 1. The van der Waals surface area contributed by atoms with Gasteiger partial charge in [0.25, 0.3) is 0 Å². The van der Waals surface area contributed by atoms with E-state index in [1.165, 1.54) is 6.42 Å². The summed E-state index contributed by atoms with van der Waals surface area (Å²) in [7, 11) is 2.08. The first-order valence-electron chi connectivity index (χ1n) is 3.58. The van der Waals surface area contributed by atoms with Gasteiger partial charge in [-0.25, -0.2) is 0 Å². The molecule has 0 amide bonds. The molecule has 0 aromatic rings. The van der Waals surface area contributed by atoms with Gasteiger partial charge in [-0.1, -0.05) is 0 Å². The van der Waals surface area contributed by atoms with Crippen LogP contribution in [0.4, 0.5) is 0 Å². The minimum atomic E-state index is 0.320. The van der Waals surface area contributed by atoms with Crippen LogP contribution in [0, 0.1) is 0 Å². The third kappa shape index (κ3) is 1.25. The zero-order valence-corrected chi connectivity index (χ0v) is 6.17. The zero-order chi connectivity index (χ0) is 6.85. The Kier molecular flexibility index (Phi) is 2.09. The molecule has 1 fully saturated rings. The Bertz CT molecular complexity index is 94.9. The SMILES string of the molecule is C[C@H]1CC[C@H](CO)N1C. The molecule has 0 aliphatic carbocycles. The fraction of sp³-hybridized carbons (Fsp3) is 1.00. The van der Waals surface area contributed by atoms with E-state index in [0.29, 0.717) is 18.7 Å². The van der Waals surface area contributed by atoms with Crippen LogP contribution in [0.15, 0.2) is 0 Å². The Morgan fingerprint density at radius 2 is 2.22 bits per heavy atom. The first kappa shape index (κ1) is 7.03. The first-order valence-corrected chi connectivity index (χ1v) is 3.58. The summed E-state index contributed by atoms with van der Waals surface area (Å²) in [6, 6.07) is 1.10. The molecule has 0 aromatic carbocycles. The molecule has 0 unspecified atom stereocenters. The molecule has 1 aliphatic heterocycles. The van der Waals surface area contributed by atoms with Crippen molar-refractivity contribution in [2.45, 2.75) is 31.8 Å². The van der Waals surface area contributed by atoms with E-state index in [-0.39, 0.29) is 0 Å². The van der Waals surface area contributed by atoms with Gasteiger partial charge < -0.3 is 5.11 Å². The van der Waals surface area contributed by atoms with Crippen LogP contribution in [-0.2, 0) is 0 Å². The molecule has 1 aliphatic rings. The molecule has 0 saturated carbocycles. The highest BCUT2D eigenvalue weighted by molar-refractivity contribution is 4.81. The second-order valence-electron chi connectivity index (χ2n) is 2.93. The maximum atomic E-state index is 8.81. The maximum absolute atomic E-state index is 8.81. The lowest BCUT2D eigenvalue weighted by molar-refractivity contribution is 0.161. The summed E-state index contributed by atoms with van der Waals surface area (Å²) in [5.41, 5.74) is 0. The van der Waals surface area contributed by atoms with Crippen molar-refractivity contribution in [3.63, 3.8) is 0 Å². The number of aliphatic hydroxyl groups is 1. The van der Waals surface area contributed by atoms with E-state index in [4.69, 9.17) is 5.11 Å². The summed E-state index contributed by atoms with van der Waals surface area (Å²) in [6.45, 7) is 2.52. The zero-order valence-electron chi connectivity index (χ0n) is 6.17. The maximum Gasteiger partial charge on any atom is 0.0586 e. The Labute approximate surface area is 56.5 Å². The average molecular weight is 129 g/mol. The van der Waals surface area contributed by atoms with Crippen LogP contribution in [0.25, 0.3) is 0 Å². The first-order chi connectivity index (χ1) is 4.25. The number of aliphatic hydroxyl groups excluding tert-OH is 1. The lowest BCUT2D eigenvalue weighted by Gasteiger charge is -2.20. The van der Waals surface area contributed by atoms with Gasteiger partial charge in [-0.3, -0.25) is 4.90 Å². The van der Waals surface area contributed by atoms with Gasteiger partial charge >= 0.3 is 0 Å². The van der Waals surface area contributed by atoms with Crippen LogP contribution in [0.1, 0.15) is 19.8 Å². The second kappa shape index (κ2) is 2.67. The number of likely N-dealkylation sites (tertiary alicyclic amines) is 1. The third-order valence-corrected chi connectivity index (χ3v) is 2.40. The van der Waals surface area contributed by atoms with Crippen molar-refractivity contribution in [3.8, 4) is 0 Å². The highest BCUT2D eigenvalue weighted by Crippen LogP contribution is 2.20. The molecule has 1 heterocycles. The summed E-state index contributed by atoms with van der Waals surface area (Å²) in [4.78, 5) is 2.25. The average Bonchev–Trinajstić information content (AvgIpc) is 2.15. The van der Waals surface area contributed by atoms with Crippen molar-refractivity contribution >= 4 is 0 Å². The molecular formula is C7H15NO. The molecule has 9 heavy (non-hydrogen) atoms. The normalized spacial score (nSPS) is 37.7. The van der Waals surface area contributed by atoms with E-state index < -0.39 is 0 Å². The molecule has 2 atom stereocenters. The lowest BCUT2D eigenvalue weighted by atomic mass is 10.2. The van der Waals surface area contributed by atoms with E-state index in [2.05, 4.69) is 18.9 Å². The van der Waals surface area contributed by atoms with Gasteiger partial charge in [0, 0.05) is 12.1 Å². The summed E-state index contributed by atoms with van der Waals surface area (Å²) >= 11 is 0. The number of rotatable bonds is 1. The molecular weight excluding hydrogens is 114 g/mol. The lowest BCUT2D eigenvalue weighted by Crippen LogP contribution is -2.32. The molecule has 0 bridgehead atoms. The van der Waals surface area contributed by atoms with Crippen molar-refractivity contribution in [2.24, 2.45) is 0 Å². The topological polar surface area (TPSA) is 23.5 Å². The van der Waals surface area contributed by atoms with Gasteiger partial charge in [-0.2, -0.15) is 0 Å². The largest absolute Gasteiger partial charge is 0.395 e. The van der Waals surface area contributed by atoms with Crippen LogP contribution >= 0.6 is 0 Å². The summed E-state index contributed by atoms with van der Waals surface area (Å²) in [5.74, 6) is 0. The standard InChI is InChI=1S/C7H15NO/c1-6-3-4-7(5-9)8(6)2/h6-7,9H,3-5H2,1-2H3/t6-,7+/m0/s1. The van der Waals surface area contributed by atoms with Gasteiger partial charge in [0.15, 0.2) is 0 Å². The molecule has 0 radical (unpaired) electrons. The van der Waals surface area contributed by atoms with Crippen molar-refractivity contribution in [3.05, 3.63) is 0 Å². The molecule has 0 aromatic heterocycles. The molecule has 0 spiro atoms. The molecule has 54 valence electrons. The number of hydrogen-bond acceptors (Lipinski definition) is 2. The van der Waals surface area contributed by atoms with Crippen LogP contribution in [-0.4, -0.2) is 35.7 Å². The smallest absolute Gasteiger partial charge is 0.0586 e. The fourth-order valence-corrected chi connectivity index (χ4v) is 1.42. The van der Waals surface area contributed by atoms with Crippen molar-refractivity contribution < 1.29 is 5.11 Å². The Balaban J connectivity index is 2.41. The summed E-state index contributed by atoms with van der Waals surface area (Å²) in [6.07, 6.45) is 2.40. The van der Waals surface area contributed by atoms with Crippen LogP contribution in [0.2, 0.25) is 0 Å². The van der Waals surface area contributed by atoms with Crippen molar-refractivity contribution in [1.29, 1.82) is 0 Å². The van der Waals surface area contributed by atoms with Gasteiger partial charge in [-0.15, -0.1) is 0 Å². The number of hydrogen-bond donors (Lipinski definition) is 1. The van der Waals surface area contributed by atoms with Crippen LogP contribution < -0.4 is 0 Å². The highest BCUT2D eigenvalue weighted by Gasteiger charge is 2.25. The molecule has 1 N–H and O–H groups in total. The Morgan fingerprint density at radius 3 is 2.44 bits per heavy atom. The minimum absolute atomic E-state index is 0.320. The van der Waals surface area contributed by atoms with E-state index in [1.807, 2.05) is 0 Å². The van der Waals surface area contributed by atoms with Gasteiger partial charge in [-0.05, 0) is 26.8 Å². The second-order valence-corrected chi connectivity index (χ2v) is 2.93. The van der Waals surface area contributed by atoms with E-state index in [0.717, 1.165) is 6.42 Å². The van der Waals surface area contributed by atoms with Crippen LogP contribution in [0.3, 0.4) is 0 Å².